The molecular formula is C26H19F2NO2. The van der Waals surface area contributed by atoms with Gasteiger partial charge < -0.3 is 10.1 Å². The highest BCUT2D eigenvalue weighted by Gasteiger charge is 2.13. The van der Waals surface area contributed by atoms with Crippen LogP contribution in [0.2, 0.25) is 0 Å². The Morgan fingerprint density at radius 2 is 1.58 bits per heavy atom. The largest absolute Gasteiger partial charge is 0.478 e. The van der Waals surface area contributed by atoms with E-state index in [0.29, 0.717) is 17.5 Å². The zero-order chi connectivity index (χ0) is 21.8. The predicted molar refractivity (Wildman–Crippen MR) is 118 cm³/mol. The minimum atomic E-state index is -1.05. The van der Waals surface area contributed by atoms with E-state index in [4.69, 9.17) is 0 Å². The number of nitrogens with one attached hydrogen (secondary N) is 1. The number of allylic oxidation sites excluding steroid dienone is 1. The first-order valence-corrected chi connectivity index (χ1v) is 9.71. The molecule has 3 nitrogen and oxygen atoms in total. The van der Waals surface area contributed by atoms with Crippen LogP contribution in [0.4, 0.5) is 8.78 Å². The number of rotatable bonds is 6. The average Bonchev–Trinajstić information content (AvgIpc) is 3.27. The van der Waals surface area contributed by atoms with E-state index in [2.05, 4.69) is 4.98 Å². The zero-order valence-electron chi connectivity index (χ0n) is 16.5. The van der Waals surface area contributed by atoms with Crippen molar-refractivity contribution in [3.63, 3.8) is 0 Å². The molecule has 0 saturated carbocycles. The minimum absolute atomic E-state index is 0.137. The highest BCUT2D eigenvalue weighted by molar-refractivity contribution is 5.97. The molecule has 0 aliphatic heterocycles. The molecule has 0 bridgehead atoms. The summed E-state index contributed by atoms with van der Waals surface area (Å²) in [4.78, 5) is 14.8. The number of carboxylic acid groups (broad SMARTS) is 1. The smallest absolute Gasteiger partial charge is 0.336 e. The quantitative estimate of drug-likeness (QED) is 0.356. The number of aromatic nitrogens is 1. The second kappa shape index (κ2) is 8.79. The van der Waals surface area contributed by atoms with E-state index >= 15 is 0 Å². The molecular weight excluding hydrogens is 396 g/mol. The van der Waals surface area contributed by atoms with Gasteiger partial charge in [0.1, 0.15) is 11.6 Å². The van der Waals surface area contributed by atoms with E-state index in [1.165, 1.54) is 24.3 Å². The Hall–Kier alpha value is -3.99. The summed E-state index contributed by atoms with van der Waals surface area (Å²) < 4.78 is 26.8. The number of hydrogen-bond donors (Lipinski definition) is 2. The van der Waals surface area contributed by atoms with E-state index in [0.717, 1.165) is 22.3 Å². The summed E-state index contributed by atoms with van der Waals surface area (Å²) >= 11 is 0. The minimum Gasteiger partial charge on any atom is -0.478 e. The first-order valence-electron chi connectivity index (χ1n) is 9.71. The van der Waals surface area contributed by atoms with Crippen LogP contribution < -0.4 is 0 Å². The van der Waals surface area contributed by atoms with E-state index in [9.17, 15) is 18.7 Å². The molecule has 1 heterocycles. The standard InChI is InChI=1S/C26H19F2NO2/c27-22-6-2-19(3-7-22)21(14-18-11-12-29-16-18)13-17-1-10-24(26(30)31)25(15-17)20-4-8-23(28)9-5-20/h1-13,15-16,29H,14H2,(H,30,31). The highest BCUT2D eigenvalue weighted by Crippen LogP contribution is 2.29. The fraction of sp³-hybridized carbons (Fsp3) is 0.0385. The third kappa shape index (κ3) is 4.78. The lowest BCUT2D eigenvalue weighted by atomic mass is 9.93. The number of H-pyrrole nitrogens is 1. The average molecular weight is 415 g/mol. The number of aromatic amines is 1. The van der Waals surface area contributed by atoms with Gasteiger partial charge in [0.25, 0.3) is 0 Å². The van der Waals surface area contributed by atoms with Crippen LogP contribution in [0.25, 0.3) is 22.8 Å². The van der Waals surface area contributed by atoms with Gasteiger partial charge in [0.05, 0.1) is 5.56 Å². The number of halogens is 2. The van der Waals surface area contributed by atoms with Crippen molar-refractivity contribution in [2.45, 2.75) is 6.42 Å². The van der Waals surface area contributed by atoms with Gasteiger partial charge in [-0.05, 0) is 82.3 Å². The first-order chi connectivity index (χ1) is 15.0. The maximum absolute atomic E-state index is 13.4. The van der Waals surface area contributed by atoms with Gasteiger partial charge in [-0.2, -0.15) is 0 Å². The van der Waals surface area contributed by atoms with Crippen LogP contribution in [-0.4, -0.2) is 16.1 Å². The summed E-state index contributed by atoms with van der Waals surface area (Å²) in [6.07, 6.45) is 6.31. The van der Waals surface area contributed by atoms with Crippen molar-refractivity contribution in [2.24, 2.45) is 0 Å². The van der Waals surface area contributed by atoms with Crippen LogP contribution in [-0.2, 0) is 6.42 Å². The van der Waals surface area contributed by atoms with Gasteiger partial charge in [0, 0.05) is 12.4 Å². The van der Waals surface area contributed by atoms with Gasteiger partial charge in [0.2, 0.25) is 0 Å². The molecule has 2 N–H and O–H groups in total. The van der Waals surface area contributed by atoms with Gasteiger partial charge in [-0.25, -0.2) is 13.6 Å². The van der Waals surface area contributed by atoms with Crippen LogP contribution in [0.1, 0.15) is 27.0 Å². The second-order valence-electron chi connectivity index (χ2n) is 7.19. The molecule has 0 spiro atoms. The molecule has 3 aromatic carbocycles. The Morgan fingerprint density at radius 1 is 0.903 bits per heavy atom. The lowest BCUT2D eigenvalue weighted by molar-refractivity contribution is 0.0697. The maximum atomic E-state index is 13.4. The van der Waals surface area contributed by atoms with Gasteiger partial charge in [-0.1, -0.05) is 36.4 Å². The Bertz CT molecular complexity index is 1230. The molecule has 0 saturated heterocycles. The summed E-state index contributed by atoms with van der Waals surface area (Å²) in [7, 11) is 0. The lowest BCUT2D eigenvalue weighted by Gasteiger charge is -2.11. The number of hydrogen-bond acceptors (Lipinski definition) is 1. The number of carbonyl (C=O) groups is 1. The Labute approximate surface area is 178 Å². The first kappa shape index (κ1) is 20.3. The summed E-state index contributed by atoms with van der Waals surface area (Å²) in [5, 5.41) is 9.60. The molecule has 0 atom stereocenters. The molecule has 5 heteroatoms. The molecule has 31 heavy (non-hydrogen) atoms. The molecule has 0 amide bonds. The summed E-state index contributed by atoms with van der Waals surface area (Å²) in [6, 6.07) is 19.0. The SMILES string of the molecule is O=C(O)c1ccc(C=C(Cc2cc[nH]c2)c2ccc(F)cc2)cc1-c1ccc(F)cc1. The Morgan fingerprint density at radius 3 is 2.19 bits per heavy atom. The second-order valence-corrected chi connectivity index (χ2v) is 7.19. The highest BCUT2D eigenvalue weighted by atomic mass is 19.1. The topological polar surface area (TPSA) is 53.1 Å². The maximum Gasteiger partial charge on any atom is 0.336 e. The summed E-state index contributed by atoms with van der Waals surface area (Å²) in [5.74, 6) is -1.75. The lowest BCUT2D eigenvalue weighted by Crippen LogP contribution is -2.00. The molecule has 4 aromatic rings. The van der Waals surface area contributed by atoms with Crippen LogP contribution in [0.15, 0.2) is 85.2 Å². The zero-order valence-corrected chi connectivity index (χ0v) is 16.5. The van der Waals surface area contributed by atoms with Crippen LogP contribution >= 0.6 is 0 Å². The molecule has 4 rings (SSSR count). The van der Waals surface area contributed by atoms with Crippen molar-refractivity contribution in [1.82, 2.24) is 4.98 Å². The van der Waals surface area contributed by atoms with E-state index in [1.807, 2.05) is 24.5 Å². The molecule has 0 radical (unpaired) electrons. The monoisotopic (exact) mass is 415 g/mol. The molecule has 0 aliphatic carbocycles. The third-order valence-electron chi connectivity index (χ3n) is 5.04. The number of aromatic carboxylic acids is 1. The van der Waals surface area contributed by atoms with E-state index < -0.39 is 5.97 Å². The molecule has 0 aliphatic rings. The van der Waals surface area contributed by atoms with Crippen molar-refractivity contribution >= 4 is 17.6 Å². The van der Waals surface area contributed by atoms with E-state index in [-0.39, 0.29) is 17.2 Å². The van der Waals surface area contributed by atoms with Crippen molar-refractivity contribution in [2.75, 3.05) is 0 Å². The third-order valence-corrected chi connectivity index (χ3v) is 5.04. The van der Waals surface area contributed by atoms with Gasteiger partial charge >= 0.3 is 5.97 Å². The fourth-order valence-electron chi connectivity index (χ4n) is 3.50. The normalized spacial score (nSPS) is 11.5. The Kier molecular flexibility index (Phi) is 5.76. The summed E-state index contributed by atoms with van der Waals surface area (Å²) in [5.41, 5.74) is 4.93. The molecule has 0 unspecified atom stereocenters. The van der Waals surface area contributed by atoms with Crippen LogP contribution in [0, 0.1) is 11.6 Å². The molecule has 154 valence electrons. The van der Waals surface area contributed by atoms with Gasteiger partial charge in [0.15, 0.2) is 0 Å². The van der Waals surface area contributed by atoms with Crippen molar-refractivity contribution in [3.8, 4) is 11.1 Å². The summed E-state index contributed by atoms with van der Waals surface area (Å²) in [6.45, 7) is 0. The van der Waals surface area contributed by atoms with Gasteiger partial charge in [-0.15, -0.1) is 0 Å². The Balaban J connectivity index is 1.81. The van der Waals surface area contributed by atoms with Crippen molar-refractivity contribution < 1.29 is 18.7 Å². The number of carboxylic acids is 1. The van der Waals surface area contributed by atoms with Gasteiger partial charge in [-0.3, -0.25) is 0 Å². The van der Waals surface area contributed by atoms with E-state index in [1.54, 1.807) is 42.5 Å². The molecule has 1 aromatic heterocycles. The van der Waals surface area contributed by atoms with Crippen molar-refractivity contribution in [1.29, 1.82) is 0 Å². The molecule has 0 fully saturated rings. The van der Waals surface area contributed by atoms with Crippen molar-refractivity contribution in [3.05, 3.63) is 119 Å². The number of benzene rings is 3. The van der Waals surface area contributed by atoms with Crippen LogP contribution in [0.3, 0.4) is 0 Å². The predicted octanol–water partition coefficient (Wildman–Crippen LogP) is 6.44. The van der Waals surface area contributed by atoms with Crippen LogP contribution in [0.5, 0.6) is 0 Å². The fourth-order valence-corrected chi connectivity index (χ4v) is 3.50.